The number of hydrogen-bond acceptors (Lipinski definition) is 6. The minimum atomic E-state index is -0.319. The van der Waals surface area contributed by atoms with Gasteiger partial charge >= 0.3 is 11.9 Å². The molecule has 0 aliphatic heterocycles. The zero-order chi connectivity index (χ0) is 24.5. The number of carbonyl (C=O) groups excluding carboxylic acids is 2. The quantitative estimate of drug-likeness (QED) is 0.320. The van der Waals surface area contributed by atoms with Crippen LogP contribution in [0.15, 0.2) is 0 Å². The van der Waals surface area contributed by atoms with Crippen molar-refractivity contribution in [2.45, 2.75) is 94.9 Å². The molecule has 0 aromatic heterocycles. The monoisotopic (exact) mass is 426 g/mol. The Morgan fingerprint density at radius 3 is 1.43 bits per heavy atom. The van der Waals surface area contributed by atoms with Crippen LogP contribution in [0.25, 0.3) is 0 Å². The largest absolute Gasteiger partial charge is 0.450 e. The van der Waals surface area contributed by atoms with Gasteiger partial charge in [-0.25, -0.2) is 0 Å². The summed E-state index contributed by atoms with van der Waals surface area (Å²) in [6.45, 7) is 20.5. The van der Waals surface area contributed by atoms with Gasteiger partial charge in [0.05, 0.1) is 11.8 Å². The Morgan fingerprint density at radius 1 is 0.800 bits per heavy atom. The van der Waals surface area contributed by atoms with Crippen LogP contribution in [0.5, 0.6) is 0 Å². The molecular weight excluding hydrogens is 380 g/mol. The molecule has 0 aliphatic carbocycles. The fraction of sp³-hybridized carbons (Fsp3) is 0.792. The van der Waals surface area contributed by atoms with E-state index in [9.17, 15) is 9.59 Å². The summed E-state index contributed by atoms with van der Waals surface area (Å²) in [6, 6.07) is 3.72. The maximum Gasteiger partial charge on any atom is 0.322 e. The first-order valence-corrected chi connectivity index (χ1v) is 10.9. The van der Waals surface area contributed by atoms with Crippen molar-refractivity contribution in [3.8, 4) is 18.2 Å². The topological polar surface area (TPSA) is 102 Å². The number of esters is 2. The molecule has 2 unspecified atom stereocenters. The summed E-state index contributed by atoms with van der Waals surface area (Å²) in [6.07, 6.45) is 6.16. The van der Waals surface area contributed by atoms with Gasteiger partial charge in [-0.15, -0.1) is 0 Å². The molecule has 0 fully saturated rings. The lowest BCUT2D eigenvalue weighted by Gasteiger charge is -2.04. The molecule has 0 spiro atoms. The summed E-state index contributed by atoms with van der Waals surface area (Å²) in [5.41, 5.74) is 4.78. The summed E-state index contributed by atoms with van der Waals surface area (Å²) in [7, 11) is 0. The average Bonchev–Trinajstić information content (AvgIpc) is 2.75. The van der Waals surface area contributed by atoms with Crippen molar-refractivity contribution in [3.63, 3.8) is 0 Å². The smallest absolute Gasteiger partial charge is 0.322 e. The predicted octanol–water partition coefficient (Wildman–Crippen LogP) is 5.66. The molecule has 0 heterocycles. The lowest BCUT2D eigenvalue weighted by atomic mass is 10.1. The lowest BCUT2D eigenvalue weighted by Crippen LogP contribution is -2.13. The molecule has 176 valence electrons. The van der Waals surface area contributed by atoms with Crippen LogP contribution in [-0.2, 0) is 19.1 Å². The van der Waals surface area contributed by atoms with Gasteiger partial charge < -0.3 is 15.2 Å². The van der Waals surface area contributed by atoms with Crippen molar-refractivity contribution in [3.05, 3.63) is 0 Å². The maximum absolute atomic E-state index is 10.8. The van der Waals surface area contributed by atoms with Crippen LogP contribution in [0, 0.1) is 47.2 Å². The second-order valence-corrected chi connectivity index (χ2v) is 7.66. The van der Waals surface area contributed by atoms with E-state index < -0.39 is 0 Å². The van der Waals surface area contributed by atoms with Gasteiger partial charge in [0.2, 0.25) is 0 Å². The normalized spacial score (nSPS) is 10.8. The van der Waals surface area contributed by atoms with Crippen molar-refractivity contribution in [1.82, 2.24) is 0 Å². The summed E-state index contributed by atoms with van der Waals surface area (Å²) in [5.74, 6) is 0.976. The highest BCUT2D eigenvalue weighted by Crippen LogP contribution is 2.02. The fourth-order valence-electron chi connectivity index (χ4n) is 0.759. The summed E-state index contributed by atoms with van der Waals surface area (Å²) >= 11 is 0. The van der Waals surface area contributed by atoms with E-state index in [1.54, 1.807) is 19.9 Å². The summed E-state index contributed by atoms with van der Waals surface area (Å²) in [4.78, 5) is 21.5. The van der Waals surface area contributed by atoms with Gasteiger partial charge in [0.15, 0.2) is 6.61 Å². The highest BCUT2D eigenvalue weighted by atomic mass is 16.5. The highest BCUT2D eigenvalue weighted by molar-refractivity contribution is 5.73. The van der Waals surface area contributed by atoms with Crippen molar-refractivity contribution in [1.29, 1.82) is 5.26 Å². The minimum absolute atomic E-state index is 0.0895. The van der Waals surface area contributed by atoms with Gasteiger partial charge in [-0.05, 0) is 24.7 Å². The van der Waals surface area contributed by atoms with Crippen LogP contribution in [-0.4, -0.2) is 18.5 Å². The standard InChI is InChI=1S/2C7H11NO2.2C5H12/c2*1-3-6(2)7(9)10-5-4-8;2*1-4-5(2)3/h6H,3,8H2,1-2H3;6H,3,5H2,1-2H3;2*5H,4H2,1-3H3. The van der Waals surface area contributed by atoms with E-state index in [1.807, 2.05) is 26.0 Å². The Bertz CT molecular complexity index is 492. The van der Waals surface area contributed by atoms with E-state index in [0.29, 0.717) is 0 Å². The van der Waals surface area contributed by atoms with Crippen LogP contribution in [0.2, 0.25) is 0 Å². The molecular formula is C24H46N2O4. The average molecular weight is 427 g/mol. The lowest BCUT2D eigenvalue weighted by molar-refractivity contribution is -0.146. The number of carbonyl (C=O) groups is 2. The maximum atomic E-state index is 10.8. The molecule has 0 radical (unpaired) electrons. The molecule has 2 atom stereocenters. The molecule has 0 amide bonds. The first-order valence-electron chi connectivity index (χ1n) is 10.9. The Labute approximate surface area is 185 Å². The SMILES string of the molecule is CCC(C)C.CCC(C)C.CCC(C)C(=O)OC#CN.CCC(C)C(=O)OCC#N. The van der Waals surface area contributed by atoms with E-state index in [2.05, 4.69) is 51.0 Å². The van der Waals surface area contributed by atoms with Gasteiger partial charge in [0.25, 0.3) is 0 Å². The minimum Gasteiger partial charge on any atom is -0.450 e. The molecule has 2 N–H and O–H groups in total. The number of rotatable bonds is 7. The molecule has 6 heteroatoms. The zero-order valence-electron chi connectivity index (χ0n) is 21.0. The van der Waals surface area contributed by atoms with Gasteiger partial charge in [0.1, 0.15) is 12.2 Å². The first kappa shape index (κ1) is 35.2. The molecule has 0 aliphatic rings. The van der Waals surface area contributed by atoms with E-state index in [-0.39, 0.29) is 30.4 Å². The third-order valence-corrected chi connectivity index (χ3v) is 4.15. The third kappa shape index (κ3) is 33.4. The van der Waals surface area contributed by atoms with Gasteiger partial charge in [0, 0.05) is 6.04 Å². The van der Waals surface area contributed by atoms with Gasteiger partial charge in [-0.2, -0.15) is 5.26 Å². The molecule has 6 nitrogen and oxygen atoms in total. The second-order valence-electron chi connectivity index (χ2n) is 7.66. The summed E-state index contributed by atoms with van der Waals surface area (Å²) < 4.78 is 8.96. The van der Waals surface area contributed by atoms with E-state index in [1.165, 1.54) is 12.8 Å². The summed E-state index contributed by atoms with van der Waals surface area (Å²) in [5, 5.41) is 8.04. The molecule has 0 rings (SSSR count). The van der Waals surface area contributed by atoms with E-state index in [0.717, 1.165) is 24.7 Å². The molecule has 0 saturated carbocycles. The van der Waals surface area contributed by atoms with Crippen LogP contribution >= 0.6 is 0 Å². The van der Waals surface area contributed by atoms with Crippen molar-refractivity contribution in [2.75, 3.05) is 6.61 Å². The van der Waals surface area contributed by atoms with Crippen molar-refractivity contribution in [2.24, 2.45) is 29.4 Å². The second kappa shape index (κ2) is 26.8. The Hall–Kier alpha value is -2.21. The van der Waals surface area contributed by atoms with Crippen LogP contribution in [0.4, 0.5) is 0 Å². The first-order chi connectivity index (χ1) is 14.0. The fourth-order valence-corrected chi connectivity index (χ4v) is 0.759. The Balaban J connectivity index is -0.000000159. The highest BCUT2D eigenvalue weighted by Gasteiger charge is 2.11. The van der Waals surface area contributed by atoms with Gasteiger partial charge in [-0.1, -0.05) is 82.1 Å². The Morgan fingerprint density at radius 2 is 1.17 bits per heavy atom. The number of ether oxygens (including phenoxy) is 2. The number of nitrogens with two attached hydrogens (primary N) is 1. The molecule has 0 saturated heterocycles. The third-order valence-electron chi connectivity index (χ3n) is 4.15. The van der Waals surface area contributed by atoms with Crippen LogP contribution < -0.4 is 5.73 Å². The molecule has 30 heavy (non-hydrogen) atoms. The van der Waals surface area contributed by atoms with E-state index in [4.69, 9.17) is 11.0 Å². The molecule has 0 aromatic rings. The number of hydrogen-bond donors (Lipinski definition) is 1. The molecule has 0 bridgehead atoms. The predicted molar refractivity (Wildman–Crippen MR) is 124 cm³/mol. The van der Waals surface area contributed by atoms with Crippen LogP contribution in [0.3, 0.4) is 0 Å². The van der Waals surface area contributed by atoms with Crippen LogP contribution in [0.1, 0.15) is 94.9 Å². The number of nitriles is 1. The van der Waals surface area contributed by atoms with Gasteiger partial charge in [-0.3, -0.25) is 9.59 Å². The van der Waals surface area contributed by atoms with Crippen molar-refractivity contribution >= 4 is 11.9 Å². The van der Waals surface area contributed by atoms with E-state index >= 15 is 0 Å². The van der Waals surface area contributed by atoms with Crippen molar-refractivity contribution < 1.29 is 19.1 Å². The number of nitrogens with zero attached hydrogens (tertiary/aromatic N) is 1. The molecule has 0 aromatic carbocycles. The Kier molecular flexibility index (Phi) is 31.5. The zero-order valence-corrected chi connectivity index (χ0v) is 21.0.